The van der Waals surface area contributed by atoms with Crippen LogP contribution in [0.5, 0.6) is 0 Å². The van der Waals surface area contributed by atoms with Crippen molar-refractivity contribution in [1.82, 2.24) is 0 Å². The number of hydrogen-bond acceptors (Lipinski definition) is 2. The first-order valence-electron chi connectivity index (χ1n) is 6.29. The maximum Gasteiger partial charge on any atom is 0.0411 e. The number of nitrogens with two attached hydrogens (primary N) is 1. The monoisotopic (exact) mass is 264 g/mol. The second-order valence-corrected chi connectivity index (χ2v) is 4.94. The summed E-state index contributed by atoms with van der Waals surface area (Å²) in [7, 11) is 0. The highest BCUT2D eigenvalue weighted by molar-refractivity contribution is 6.30. The smallest absolute Gasteiger partial charge is 0.0411 e. The molecule has 0 saturated heterocycles. The van der Waals surface area contributed by atoms with E-state index in [-0.39, 0.29) is 0 Å². The Morgan fingerprint density at radius 2 is 1.89 bits per heavy atom. The number of nitrogens with one attached hydrogen (secondary N) is 1. The molecule has 0 aliphatic carbocycles. The van der Waals surface area contributed by atoms with E-state index in [2.05, 4.69) is 6.07 Å². The molecule has 3 heteroatoms. The van der Waals surface area contributed by atoms with Crippen LogP contribution in [0.15, 0.2) is 29.5 Å². The second kappa shape index (κ2) is 6.60. The van der Waals surface area contributed by atoms with Crippen molar-refractivity contribution in [1.29, 1.82) is 5.41 Å². The van der Waals surface area contributed by atoms with E-state index in [1.165, 1.54) is 0 Å². The minimum absolute atomic E-state index is 0.618. The average molecular weight is 265 g/mol. The molecular weight excluding hydrogens is 244 g/mol. The van der Waals surface area contributed by atoms with E-state index in [0.29, 0.717) is 18.6 Å². The number of benzene rings is 1. The van der Waals surface area contributed by atoms with E-state index in [1.807, 2.05) is 32.9 Å². The maximum atomic E-state index is 8.01. The summed E-state index contributed by atoms with van der Waals surface area (Å²) in [6, 6.07) is 5.97. The third-order valence-electron chi connectivity index (χ3n) is 2.97. The van der Waals surface area contributed by atoms with Crippen LogP contribution in [-0.4, -0.2) is 5.71 Å². The zero-order chi connectivity index (χ0) is 13.7. The van der Waals surface area contributed by atoms with Gasteiger partial charge in [0.05, 0.1) is 0 Å². The molecule has 0 bridgehead atoms. The van der Waals surface area contributed by atoms with Crippen molar-refractivity contribution in [2.45, 2.75) is 40.0 Å². The zero-order valence-electron chi connectivity index (χ0n) is 11.3. The van der Waals surface area contributed by atoms with Crippen LogP contribution in [0, 0.1) is 12.3 Å². The summed E-state index contributed by atoms with van der Waals surface area (Å²) >= 11 is 6.06. The van der Waals surface area contributed by atoms with Gasteiger partial charge >= 0.3 is 0 Å². The van der Waals surface area contributed by atoms with Gasteiger partial charge in [-0.25, -0.2) is 0 Å². The molecule has 18 heavy (non-hydrogen) atoms. The Bertz CT molecular complexity index is 455. The van der Waals surface area contributed by atoms with E-state index >= 15 is 0 Å². The molecule has 0 fully saturated rings. The fraction of sp³-hybridized carbons (Fsp3) is 0.400. The van der Waals surface area contributed by atoms with E-state index in [0.717, 1.165) is 33.8 Å². The topological polar surface area (TPSA) is 49.9 Å². The third-order valence-corrected chi connectivity index (χ3v) is 3.19. The lowest BCUT2D eigenvalue weighted by molar-refractivity contribution is 1.00. The van der Waals surface area contributed by atoms with Crippen LogP contribution in [0.4, 0.5) is 0 Å². The molecule has 0 saturated carbocycles. The molecule has 1 aromatic carbocycles. The Hall–Kier alpha value is -1.28. The van der Waals surface area contributed by atoms with Crippen molar-refractivity contribution in [3.8, 4) is 0 Å². The SMILES string of the molecule is CCC(=N)/C(Cc1cc(C)cc(Cl)c1)=C(\N)CC. The number of allylic oxidation sites excluding steroid dienone is 2. The van der Waals surface area contributed by atoms with Crippen molar-refractivity contribution in [3.63, 3.8) is 0 Å². The number of hydrogen-bond donors (Lipinski definition) is 2. The summed E-state index contributed by atoms with van der Waals surface area (Å²) in [5, 5.41) is 8.75. The van der Waals surface area contributed by atoms with Gasteiger partial charge in [-0.05, 0) is 48.6 Å². The molecule has 0 amide bonds. The molecule has 0 aliphatic rings. The second-order valence-electron chi connectivity index (χ2n) is 4.50. The molecule has 0 radical (unpaired) electrons. The summed E-state index contributed by atoms with van der Waals surface area (Å²) in [6.07, 6.45) is 2.17. The fourth-order valence-corrected chi connectivity index (χ4v) is 2.27. The van der Waals surface area contributed by atoms with Gasteiger partial charge in [-0.15, -0.1) is 0 Å². The molecule has 0 aliphatic heterocycles. The lowest BCUT2D eigenvalue weighted by Crippen LogP contribution is -2.12. The molecule has 0 unspecified atom stereocenters. The van der Waals surface area contributed by atoms with Gasteiger partial charge in [-0.2, -0.15) is 0 Å². The van der Waals surface area contributed by atoms with Gasteiger partial charge in [-0.1, -0.05) is 31.5 Å². The molecule has 0 heterocycles. The van der Waals surface area contributed by atoms with Crippen LogP contribution in [-0.2, 0) is 6.42 Å². The highest BCUT2D eigenvalue weighted by Gasteiger charge is 2.09. The Morgan fingerprint density at radius 1 is 1.22 bits per heavy atom. The molecular formula is C15H21ClN2. The van der Waals surface area contributed by atoms with Crippen molar-refractivity contribution in [3.05, 3.63) is 45.6 Å². The summed E-state index contributed by atoms with van der Waals surface area (Å²) in [6.45, 7) is 6.02. The van der Waals surface area contributed by atoms with Gasteiger partial charge in [0.15, 0.2) is 0 Å². The number of rotatable bonds is 5. The third kappa shape index (κ3) is 3.88. The normalized spacial score (nSPS) is 12.2. The number of halogens is 1. The Balaban J connectivity index is 3.08. The predicted molar refractivity (Wildman–Crippen MR) is 79.4 cm³/mol. The van der Waals surface area contributed by atoms with Crippen molar-refractivity contribution >= 4 is 17.3 Å². The molecule has 98 valence electrons. The van der Waals surface area contributed by atoms with Gasteiger partial charge < -0.3 is 11.1 Å². The van der Waals surface area contributed by atoms with E-state index in [9.17, 15) is 0 Å². The van der Waals surface area contributed by atoms with Crippen LogP contribution >= 0.6 is 11.6 Å². The zero-order valence-corrected chi connectivity index (χ0v) is 12.1. The minimum atomic E-state index is 0.618. The Labute approximate surface area is 114 Å². The van der Waals surface area contributed by atoms with E-state index in [1.54, 1.807) is 0 Å². The molecule has 3 N–H and O–H groups in total. The standard InChI is InChI=1S/C15H21ClN2/c1-4-14(17)13(15(18)5-2)9-11-6-10(3)7-12(16)8-11/h6-8,17H,4-5,9,18H2,1-3H3/b15-13-,17-14?. The van der Waals surface area contributed by atoms with Gasteiger partial charge in [0.2, 0.25) is 0 Å². The summed E-state index contributed by atoms with van der Waals surface area (Å²) in [5.41, 5.74) is 10.6. The van der Waals surface area contributed by atoms with E-state index < -0.39 is 0 Å². The van der Waals surface area contributed by atoms with E-state index in [4.69, 9.17) is 22.7 Å². The quantitative estimate of drug-likeness (QED) is 0.768. The molecule has 0 aromatic heterocycles. The summed E-state index contributed by atoms with van der Waals surface area (Å²) in [4.78, 5) is 0. The maximum absolute atomic E-state index is 8.01. The lowest BCUT2D eigenvalue weighted by atomic mass is 9.96. The van der Waals surface area contributed by atoms with Crippen LogP contribution < -0.4 is 5.73 Å². The molecule has 1 rings (SSSR count). The van der Waals surface area contributed by atoms with Gasteiger partial charge in [0.25, 0.3) is 0 Å². The lowest BCUT2D eigenvalue weighted by Gasteiger charge is -2.12. The molecule has 2 nitrogen and oxygen atoms in total. The van der Waals surface area contributed by atoms with Crippen LogP contribution in [0.1, 0.15) is 37.8 Å². The number of aryl methyl sites for hydroxylation is 1. The first kappa shape index (κ1) is 14.8. The summed E-state index contributed by atoms with van der Waals surface area (Å²) < 4.78 is 0. The predicted octanol–water partition coefficient (Wildman–Crippen LogP) is 4.24. The van der Waals surface area contributed by atoms with Crippen LogP contribution in [0.2, 0.25) is 5.02 Å². The van der Waals surface area contributed by atoms with Crippen LogP contribution in [0.3, 0.4) is 0 Å². The van der Waals surface area contributed by atoms with Gasteiger partial charge in [0.1, 0.15) is 0 Å². The first-order valence-corrected chi connectivity index (χ1v) is 6.67. The highest BCUT2D eigenvalue weighted by atomic mass is 35.5. The Kier molecular flexibility index (Phi) is 5.42. The summed E-state index contributed by atoms with van der Waals surface area (Å²) in [5.74, 6) is 0. The molecule has 0 atom stereocenters. The first-order chi connectivity index (χ1) is 8.47. The average Bonchev–Trinajstić information content (AvgIpc) is 2.33. The molecule has 0 spiro atoms. The minimum Gasteiger partial charge on any atom is -0.402 e. The highest BCUT2D eigenvalue weighted by Crippen LogP contribution is 2.20. The van der Waals surface area contributed by atoms with Crippen molar-refractivity contribution in [2.24, 2.45) is 5.73 Å². The molecule has 1 aromatic rings. The van der Waals surface area contributed by atoms with Gasteiger partial charge in [0, 0.05) is 22.9 Å². The van der Waals surface area contributed by atoms with Crippen molar-refractivity contribution < 1.29 is 0 Å². The largest absolute Gasteiger partial charge is 0.402 e. The van der Waals surface area contributed by atoms with Crippen molar-refractivity contribution in [2.75, 3.05) is 0 Å². The Morgan fingerprint density at radius 3 is 2.39 bits per heavy atom. The van der Waals surface area contributed by atoms with Gasteiger partial charge in [-0.3, -0.25) is 0 Å². The fourth-order valence-electron chi connectivity index (χ4n) is 1.96. The van der Waals surface area contributed by atoms with Crippen LogP contribution in [0.25, 0.3) is 0 Å².